The van der Waals surface area contributed by atoms with Gasteiger partial charge >= 0.3 is 0 Å². The lowest BCUT2D eigenvalue weighted by molar-refractivity contribution is -0.133. The predicted molar refractivity (Wildman–Crippen MR) is 145 cm³/mol. The largest absolute Gasteiger partial charge is 0.508 e. The SMILES string of the molecule is CCc1cc(O)ccc1-c1ccc2c(-c3nc4c([nH]3)CN(C(=O)[C@@H](N)Cc3ccncc3)CC4)n[nH]c2c1. The van der Waals surface area contributed by atoms with Crippen molar-refractivity contribution in [2.75, 3.05) is 6.54 Å². The molecular formula is C29H29N7O2. The van der Waals surface area contributed by atoms with Crippen LogP contribution in [-0.2, 0) is 30.6 Å². The van der Waals surface area contributed by atoms with Crippen molar-refractivity contribution in [2.24, 2.45) is 5.73 Å². The summed E-state index contributed by atoms with van der Waals surface area (Å²) in [7, 11) is 0. The number of benzene rings is 2. The van der Waals surface area contributed by atoms with E-state index < -0.39 is 6.04 Å². The molecule has 0 saturated heterocycles. The molecule has 0 unspecified atom stereocenters. The molecule has 0 bridgehead atoms. The average molecular weight is 508 g/mol. The van der Waals surface area contributed by atoms with Gasteiger partial charge in [-0.1, -0.05) is 19.1 Å². The molecule has 4 heterocycles. The Morgan fingerprint density at radius 1 is 1.16 bits per heavy atom. The van der Waals surface area contributed by atoms with Crippen LogP contribution in [0.2, 0.25) is 0 Å². The first-order valence-corrected chi connectivity index (χ1v) is 12.8. The maximum atomic E-state index is 13.1. The number of nitrogens with zero attached hydrogens (tertiary/aromatic N) is 4. The molecule has 3 aromatic heterocycles. The van der Waals surface area contributed by atoms with Gasteiger partial charge in [0.2, 0.25) is 5.91 Å². The molecule has 0 aliphatic carbocycles. The fourth-order valence-corrected chi connectivity index (χ4v) is 5.21. The van der Waals surface area contributed by atoms with Crippen LogP contribution in [0.1, 0.15) is 29.4 Å². The molecular weight excluding hydrogens is 478 g/mol. The quantitative estimate of drug-likeness (QED) is 0.276. The molecule has 5 N–H and O–H groups in total. The van der Waals surface area contributed by atoms with E-state index in [-0.39, 0.29) is 11.7 Å². The first kappa shape index (κ1) is 23.9. The minimum absolute atomic E-state index is 0.0676. The van der Waals surface area contributed by atoms with Crippen LogP contribution in [-0.4, -0.2) is 53.6 Å². The number of aromatic nitrogens is 5. The molecule has 1 amide bonds. The first-order valence-electron chi connectivity index (χ1n) is 12.8. The number of carbonyl (C=O) groups is 1. The van der Waals surface area contributed by atoms with Crippen molar-refractivity contribution >= 4 is 16.8 Å². The summed E-state index contributed by atoms with van der Waals surface area (Å²) in [5, 5.41) is 18.5. The summed E-state index contributed by atoms with van der Waals surface area (Å²) in [6.45, 7) is 3.10. The standard InChI is InChI=1S/C29H29N7O2/c1-2-18-14-20(37)4-6-21(18)19-3-5-22-25(15-19)34-35-27(22)28-32-24-9-12-36(16-26(24)33-28)29(38)23(30)13-17-7-10-31-11-8-17/h3-8,10-11,14-15,23,37H,2,9,12-13,16,30H2,1H3,(H,32,33)(H,34,35)/t23-/m0/s1. The highest BCUT2D eigenvalue weighted by molar-refractivity contribution is 5.94. The number of carbonyl (C=O) groups excluding carboxylic acids is 1. The Bertz CT molecular complexity index is 1620. The van der Waals surface area contributed by atoms with Gasteiger partial charge in [0.15, 0.2) is 5.82 Å². The summed E-state index contributed by atoms with van der Waals surface area (Å²) >= 11 is 0. The maximum absolute atomic E-state index is 13.1. The van der Waals surface area contributed by atoms with Gasteiger partial charge in [0, 0.05) is 30.7 Å². The molecule has 9 heteroatoms. The minimum atomic E-state index is -0.604. The van der Waals surface area contributed by atoms with Gasteiger partial charge in [-0.25, -0.2) is 4.98 Å². The number of imidazole rings is 1. The Kier molecular flexibility index (Phi) is 6.13. The van der Waals surface area contributed by atoms with Gasteiger partial charge in [-0.05, 0) is 71.5 Å². The lowest BCUT2D eigenvalue weighted by atomic mass is 9.97. The highest BCUT2D eigenvalue weighted by Crippen LogP contribution is 2.33. The third kappa shape index (κ3) is 4.41. The number of fused-ring (bicyclic) bond motifs is 2. The number of nitrogens with two attached hydrogens (primary N) is 1. The summed E-state index contributed by atoms with van der Waals surface area (Å²) in [5.74, 6) is 0.888. The fourth-order valence-electron chi connectivity index (χ4n) is 5.21. The van der Waals surface area contributed by atoms with Gasteiger partial charge in [-0.2, -0.15) is 5.10 Å². The van der Waals surface area contributed by atoms with Gasteiger partial charge in [0.1, 0.15) is 11.4 Å². The lowest BCUT2D eigenvalue weighted by Crippen LogP contribution is -2.46. The van der Waals surface area contributed by atoms with E-state index in [1.165, 1.54) is 0 Å². The Balaban J connectivity index is 1.22. The molecule has 2 aromatic carbocycles. The zero-order valence-corrected chi connectivity index (χ0v) is 21.1. The van der Waals surface area contributed by atoms with Crippen LogP contribution < -0.4 is 5.73 Å². The molecule has 6 rings (SSSR count). The third-order valence-corrected chi connectivity index (χ3v) is 7.23. The summed E-state index contributed by atoms with van der Waals surface area (Å²) in [6.07, 6.45) is 5.38. The number of amides is 1. The van der Waals surface area contributed by atoms with Crippen LogP contribution in [0.5, 0.6) is 5.75 Å². The maximum Gasteiger partial charge on any atom is 0.240 e. The summed E-state index contributed by atoms with van der Waals surface area (Å²) < 4.78 is 0. The van der Waals surface area contributed by atoms with E-state index in [0.29, 0.717) is 31.8 Å². The topological polar surface area (TPSA) is 137 Å². The van der Waals surface area contributed by atoms with Crippen molar-refractivity contribution in [3.63, 3.8) is 0 Å². The molecule has 0 fully saturated rings. The van der Waals surface area contributed by atoms with Crippen LogP contribution >= 0.6 is 0 Å². The molecule has 1 atom stereocenters. The molecule has 0 saturated carbocycles. The second kappa shape index (κ2) is 9.75. The van der Waals surface area contributed by atoms with E-state index in [4.69, 9.17) is 10.7 Å². The molecule has 9 nitrogen and oxygen atoms in total. The summed E-state index contributed by atoms with van der Waals surface area (Å²) in [6, 6.07) is 14.8. The second-order valence-corrected chi connectivity index (χ2v) is 9.71. The van der Waals surface area contributed by atoms with Crippen molar-refractivity contribution in [3.8, 4) is 28.4 Å². The van der Waals surface area contributed by atoms with E-state index in [9.17, 15) is 9.90 Å². The molecule has 1 aliphatic rings. The number of aromatic amines is 2. The molecule has 192 valence electrons. The highest BCUT2D eigenvalue weighted by atomic mass is 16.3. The Morgan fingerprint density at radius 2 is 2.00 bits per heavy atom. The van der Waals surface area contributed by atoms with Crippen LogP contribution in [0.25, 0.3) is 33.5 Å². The number of phenols is 1. The minimum Gasteiger partial charge on any atom is -0.508 e. The van der Waals surface area contributed by atoms with Crippen molar-refractivity contribution in [3.05, 3.63) is 83.4 Å². The van der Waals surface area contributed by atoms with Gasteiger partial charge < -0.3 is 20.7 Å². The number of rotatable bonds is 6. The fraction of sp³-hybridized carbons (Fsp3) is 0.241. The Hall–Kier alpha value is -4.50. The third-order valence-electron chi connectivity index (χ3n) is 7.23. The Labute approximate surface area is 219 Å². The number of aryl methyl sites for hydroxylation is 1. The van der Waals surface area contributed by atoms with Crippen molar-refractivity contribution in [1.29, 1.82) is 0 Å². The van der Waals surface area contributed by atoms with Crippen LogP contribution in [0.15, 0.2) is 60.9 Å². The van der Waals surface area contributed by atoms with Crippen molar-refractivity contribution in [2.45, 2.75) is 38.8 Å². The monoisotopic (exact) mass is 507 g/mol. The number of hydrogen-bond acceptors (Lipinski definition) is 6. The highest BCUT2D eigenvalue weighted by Gasteiger charge is 2.28. The van der Waals surface area contributed by atoms with Gasteiger partial charge in [-0.15, -0.1) is 0 Å². The number of pyridine rings is 1. The zero-order valence-electron chi connectivity index (χ0n) is 21.1. The van der Waals surface area contributed by atoms with Crippen LogP contribution in [0, 0.1) is 0 Å². The normalized spacial score (nSPS) is 14.0. The van der Waals surface area contributed by atoms with E-state index in [1.807, 2.05) is 30.3 Å². The smallest absolute Gasteiger partial charge is 0.240 e. The first-order chi connectivity index (χ1) is 18.5. The van der Waals surface area contributed by atoms with Crippen LogP contribution in [0.4, 0.5) is 0 Å². The summed E-state index contributed by atoms with van der Waals surface area (Å²) in [5.41, 5.74) is 14.0. The van der Waals surface area contributed by atoms with Gasteiger partial charge in [0.25, 0.3) is 0 Å². The predicted octanol–water partition coefficient (Wildman–Crippen LogP) is 3.74. The Morgan fingerprint density at radius 3 is 2.82 bits per heavy atom. The number of hydrogen-bond donors (Lipinski definition) is 4. The molecule has 5 aromatic rings. The van der Waals surface area contributed by atoms with Crippen molar-refractivity contribution < 1.29 is 9.90 Å². The van der Waals surface area contributed by atoms with E-state index >= 15 is 0 Å². The van der Waals surface area contributed by atoms with E-state index in [2.05, 4.69) is 39.2 Å². The zero-order chi connectivity index (χ0) is 26.2. The summed E-state index contributed by atoms with van der Waals surface area (Å²) in [4.78, 5) is 27.1. The second-order valence-electron chi connectivity index (χ2n) is 9.71. The van der Waals surface area contributed by atoms with Crippen molar-refractivity contribution in [1.82, 2.24) is 30.0 Å². The number of aromatic hydroxyl groups is 1. The lowest BCUT2D eigenvalue weighted by Gasteiger charge is -2.28. The molecule has 38 heavy (non-hydrogen) atoms. The van der Waals surface area contributed by atoms with E-state index in [1.54, 1.807) is 23.4 Å². The van der Waals surface area contributed by atoms with E-state index in [0.717, 1.165) is 56.7 Å². The average Bonchev–Trinajstić information content (AvgIpc) is 3.56. The molecule has 0 radical (unpaired) electrons. The number of H-pyrrole nitrogens is 2. The molecule has 0 spiro atoms. The van der Waals surface area contributed by atoms with Crippen LogP contribution in [0.3, 0.4) is 0 Å². The molecule has 1 aliphatic heterocycles. The number of phenolic OH excluding ortho intramolecular Hbond substituents is 1. The van der Waals surface area contributed by atoms with Gasteiger partial charge in [-0.3, -0.25) is 14.9 Å². The number of nitrogens with one attached hydrogen (secondary N) is 2. The van der Waals surface area contributed by atoms with Gasteiger partial charge in [0.05, 0.1) is 29.5 Å².